The van der Waals surface area contributed by atoms with Crippen LogP contribution in [0.1, 0.15) is 31.4 Å². The van der Waals surface area contributed by atoms with Gasteiger partial charge in [-0.3, -0.25) is 0 Å². The third-order valence-corrected chi connectivity index (χ3v) is 2.44. The van der Waals surface area contributed by atoms with E-state index in [2.05, 4.69) is 11.9 Å². The maximum absolute atomic E-state index is 11.7. The molecule has 1 aromatic rings. The lowest BCUT2D eigenvalue weighted by atomic mass is 10.2. The molecule has 0 aromatic carbocycles. The molecule has 0 radical (unpaired) electrons. The van der Waals surface area contributed by atoms with E-state index in [9.17, 15) is 4.79 Å². The van der Waals surface area contributed by atoms with Crippen molar-refractivity contribution in [3.8, 4) is 0 Å². The fraction of sp³-hybridized carbons (Fsp3) is 0.600. The quantitative estimate of drug-likeness (QED) is 0.725. The van der Waals surface area contributed by atoms with E-state index in [1.807, 2.05) is 13.8 Å². The number of hydrogen-bond donors (Lipinski definition) is 0. The van der Waals surface area contributed by atoms with Crippen LogP contribution >= 0.6 is 0 Å². The number of rotatable bonds is 3. The number of hydrogen-bond acceptors (Lipinski definition) is 3. The summed E-state index contributed by atoms with van der Waals surface area (Å²) in [6, 6.07) is 0. The molecule has 82 valence electrons. The number of aromatic nitrogens is 2. The van der Waals surface area contributed by atoms with Crippen LogP contribution in [0.4, 0.5) is 4.79 Å². The largest absolute Gasteiger partial charge is 0.449 e. The molecule has 0 amide bonds. The van der Waals surface area contributed by atoms with E-state index in [1.165, 1.54) is 4.57 Å². The van der Waals surface area contributed by atoms with Crippen molar-refractivity contribution >= 4 is 22.4 Å². The van der Waals surface area contributed by atoms with Gasteiger partial charge in [0.25, 0.3) is 0 Å². The van der Waals surface area contributed by atoms with Gasteiger partial charge in [0.2, 0.25) is 16.3 Å². The summed E-state index contributed by atoms with van der Waals surface area (Å²) in [5.41, 5.74) is 0. The van der Waals surface area contributed by atoms with Crippen LogP contribution < -0.4 is 0 Å². The zero-order chi connectivity index (χ0) is 11.4. The zero-order valence-electron chi connectivity index (χ0n) is 9.73. The number of carbonyl (C=O) groups is 1. The number of imidazole rings is 1. The van der Waals surface area contributed by atoms with Gasteiger partial charge in [-0.15, -0.1) is 0 Å². The van der Waals surface area contributed by atoms with Crippen LogP contribution in [0.15, 0.2) is 12.4 Å². The van der Waals surface area contributed by atoms with Crippen molar-refractivity contribution in [2.45, 2.75) is 25.6 Å². The van der Waals surface area contributed by atoms with Crippen LogP contribution in [0.3, 0.4) is 0 Å². The average Bonchev–Trinajstić information content (AvgIpc) is 2.62. The van der Waals surface area contributed by atoms with E-state index in [0.29, 0.717) is 17.3 Å². The molecule has 1 aromatic heterocycles. The third-order valence-electron chi connectivity index (χ3n) is 1.92. The predicted molar refractivity (Wildman–Crippen MR) is 60.8 cm³/mol. The van der Waals surface area contributed by atoms with Gasteiger partial charge in [0.05, 0.1) is 6.61 Å². The topological polar surface area (TPSA) is 44.1 Å². The fourth-order valence-corrected chi connectivity index (χ4v) is 1.63. The van der Waals surface area contributed by atoms with Gasteiger partial charge in [-0.05, 0) is 10.7 Å². The highest BCUT2D eigenvalue weighted by atomic mass is 27.0. The molecule has 0 bridgehead atoms. The first-order valence-corrected chi connectivity index (χ1v) is 6.38. The molecular formula is C10H17AlN2O2. The van der Waals surface area contributed by atoms with Gasteiger partial charge in [0.1, 0.15) is 5.82 Å². The fourth-order valence-electron chi connectivity index (χ4n) is 1.20. The molecular weight excluding hydrogens is 207 g/mol. The van der Waals surface area contributed by atoms with Crippen molar-refractivity contribution in [2.24, 2.45) is 5.92 Å². The molecule has 0 aliphatic rings. The minimum absolute atomic E-state index is 0.320. The summed E-state index contributed by atoms with van der Waals surface area (Å²) < 4.78 is 6.99. The van der Waals surface area contributed by atoms with E-state index >= 15 is 0 Å². The van der Waals surface area contributed by atoms with Crippen LogP contribution in [0.2, 0.25) is 0 Å². The predicted octanol–water partition coefficient (Wildman–Crippen LogP) is 1.22. The van der Waals surface area contributed by atoms with E-state index in [1.54, 1.807) is 12.4 Å². The van der Waals surface area contributed by atoms with Crippen LogP contribution in [0, 0.1) is 5.92 Å². The first-order chi connectivity index (χ1) is 7.02. The van der Waals surface area contributed by atoms with Crippen LogP contribution in [0.25, 0.3) is 0 Å². The smallest absolute Gasteiger partial charge is 0.419 e. The molecule has 1 unspecified atom stereocenters. The lowest BCUT2D eigenvalue weighted by Gasteiger charge is -2.10. The molecule has 0 spiro atoms. The second-order valence-electron chi connectivity index (χ2n) is 4.28. The van der Waals surface area contributed by atoms with E-state index in [-0.39, 0.29) is 6.09 Å². The molecule has 0 saturated carbocycles. The van der Waals surface area contributed by atoms with Gasteiger partial charge < -0.3 is 4.74 Å². The van der Waals surface area contributed by atoms with E-state index in [0.717, 1.165) is 22.1 Å². The molecule has 0 aliphatic heterocycles. The Morgan fingerprint density at radius 2 is 2.27 bits per heavy atom. The van der Waals surface area contributed by atoms with E-state index in [4.69, 9.17) is 4.74 Å². The van der Waals surface area contributed by atoms with Crippen LogP contribution in [0.5, 0.6) is 0 Å². The first kappa shape index (κ1) is 12.3. The third kappa shape index (κ3) is 3.37. The molecule has 4 nitrogen and oxygen atoms in total. The van der Waals surface area contributed by atoms with E-state index < -0.39 is 0 Å². The molecule has 0 saturated heterocycles. The lowest BCUT2D eigenvalue weighted by molar-refractivity contribution is 0.133. The van der Waals surface area contributed by atoms with Crippen molar-refractivity contribution in [1.29, 1.82) is 0 Å². The van der Waals surface area contributed by atoms with Gasteiger partial charge in [-0.25, -0.2) is 14.3 Å². The Bertz CT molecular complexity index is 334. The highest BCUT2D eigenvalue weighted by Gasteiger charge is 2.14. The Balaban J connectivity index is 2.69. The summed E-state index contributed by atoms with van der Waals surface area (Å²) in [7, 11) is 0. The maximum Gasteiger partial charge on any atom is 0.419 e. The summed E-state index contributed by atoms with van der Waals surface area (Å²) in [6.07, 6.45) is 2.98. The Morgan fingerprint density at radius 1 is 1.60 bits per heavy atom. The molecule has 1 atom stereocenters. The van der Waals surface area contributed by atoms with Crippen molar-refractivity contribution in [1.82, 2.24) is 9.55 Å². The molecule has 5 heteroatoms. The highest BCUT2D eigenvalue weighted by Crippen LogP contribution is 2.09. The SMILES string of the molecule is CC(C)COC(=O)n1ccnc1[CH](C)[AlH2]. The lowest BCUT2D eigenvalue weighted by Crippen LogP contribution is -2.19. The molecule has 1 heterocycles. The Hall–Kier alpha value is -0.788. The summed E-state index contributed by atoms with van der Waals surface area (Å²) in [4.78, 5) is 15.8. The Kier molecular flexibility index (Phi) is 4.37. The monoisotopic (exact) mass is 224 g/mol. The Labute approximate surface area is 98.1 Å². The minimum Gasteiger partial charge on any atom is -0.449 e. The van der Waals surface area contributed by atoms with Crippen molar-refractivity contribution < 1.29 is 9.53 Å². The summed E-state index contributed by atoms with van der Waals surface area (Å²) in [5.74, 6) is 1.16. The van der Waals surface area contributed by atoms with Gasteiger partial charge in [0, 0.05) is 12.4 Å². The number of ether oxygens (including phenoxy) is 1. The molecule has 15 heavy (non-hydrogen) atoms. The zero-order valence-corrected chi connectivity index (χ0v) is 11.7. The molecule has 1 rings (SSSR count). The van der Waals surface area contributed by atoms with Crippen LogP contribution in [-0.2, 0) is 4.74 Å². The highest BCUT2D eigenvalue weighted by molar-refractivity contribution is 6.11. The van der Waals surface area contributed by atoms with Crippen molar-refractivity contribution in [3.05, 3.63) is 18.2 Å². The molecule has 0 N–H and O–H groups in total. The number of nitrogens with zero attached hydrogens (tertiary/aromatic N) is 2. The number of carbonyl (C=O) groups excluding carboxylic acids is 1. The maximum atomic E-state index is 11.7. The second kappa shape index (κ2) is 5.34. The van der Waals surface area contributed by atoms with Crippen molar-refractivity contribution in [3.63, 3.8) is 0 Å². The van der Waals surface area contributed by atoms with Gasteiger partial charge in [-0.1, -0.05) is 20.8 Å². The van der Waals surface area contributed by atoms with Gasteiger partial charge in [0.15, 0.2) is 0 Å². The molecule has 0 fully saturated rings. The van der Waals surface area contributed by atoms with Crippen LogP contribution in [-0.4, -0.2) is 38.5 Å². The van der Waals surface area contributed by atoms with Gasteiger partial charge in [-0.2, -0.15) is 0 Å². The molecule has 0 aliphatic carbocycles. The summed E-state index contributed by atoms with van der Waals surface area (Å²) in [5, 5.41) is 0. The average molecular weight is 224 g/mol. The Morgan fingerprint density at radius 3 is 2.80 bits per heavy atom. The normalized spacial score (nSPS) is 12.8. The van der Waals surface area contributed by atoms with Crippen molar-refractivity contribution in [2.75, 3.05) is 6.61 Å². The minimum atomic E-state index is -0.320. The summed E-state index contributed by atoms with van der Waals surface area (Å²) in [6.45, 7) is 6.53. The first-order valence-electron chi connectivity index (χ1n) is 5.22. The second-order valence-corrected chi connectivity index (χ2v) is 6.01. The summed E-state index contributed by atoms with van der Waals surface area (Å²) >= 11 is 0.976. The van der Waals surface area contributed by atoms with Gasteiger partial charge >= 0.3 is 6.09 Å². The standard InChI is InChI=1S/C10H15N2O2.Al.2H/c1-4-9-11-5-6-12(9)10(13)14-7-8(2)3;;;/h4-6,8H,7H2,1-3H3;;;.